The van der Waals surface area contributed by atoms with Crippen molar-refractivity contribution in [3.8, 4) is 6.07 Å². The lowest BCUT2D eigenvalue weighted by Gasteiger charge is -2.27. The quantitative estimate of drug-likeness (QED) is 0.727. The van der Waals surface area contributed by atoms with Crippen molar-refractivity contribution in [2.45, 2.75) is 25.0 Å². The molecule has 0 amide bonds. The molecular weight excluding hydrogens is 228 g/mol. The highest BCUT2D eigenvalue weighted by molar-refractivity contribution is 7.89. The zero-order valence-corrected chi connectivity index (χ0v) is 10.5. The number of hydrogen-bond acceptors (Lipinski definition) is 4. The van der Waals surface area contributed by atoms with Gasteiger partial charge in [-0.15, -0.1) is 0 Å². The second-order valence-corrected chi connectivity index (χ2v) is 6.54. The Hall–Kier alpha value is -0.640. The fraction of sp³-hybridized carbons (Fsp3) is 0.900. The molecular formula is C10H18N2O3S. The van der Waals surface area contributed by atoms with Crippen LogP contribution in [0.4, 0.5) is 0 Å². The van der Waals surface area contributed by atoms with Crippen molar-refractivity contribution in [3.05, 3.63) is 0 Å². The SMILES string of the molecule is CC(C#N)S(=O)(=O)N(C)CC1CCCOC1. The van der Waals surface area contributed by atoms with Gasteiger partial charge in [0.15, 0.2) is 5.25 Å². The van der Waals surface area contributed by atoms with E-state index in [0.717, 1.165) is 19.4 Å². The fourth-order valence-electron chi connectivity index (χ4n) is 1.76. The van der Waals surface area contributed by atoms with Gasteiger partial charge >= 0.3 is 0 Å². The minimum absolute atomic E-state index is 0.249. The molecule has 5 nitrogen and oxygen atoms in total. The van der Waals surface area contributed by atoms with Gasteiger partial charge in [-0.1, -0.05) is 0 Å². The molecule has 0 spiro atoms. The molecule has 0 N–H and O–H groups in total. The maximum absolute atomic E-state index is 11.8. The van der Waals surface area contributed by atoms with Crippen LogP contribution in [0.5, 0.6) is 0 Å². The predicted octanol–water partition coefficient (Wildman–Crippen LogP) is 0.587. The van der Waals surface area contributed by atoms with Crippen LogP contribution in [0.2, 0.25) is 0 Å². The van der Waals surface area contributed by atoms with Gasteiger partial charge in [0.2, 0.25) is 10.0 Å². The molecule has 0 bridgehead atoms. The van der Waals surface area contributed by atoms with Crippen LogP contribution in [-0.2, 0) is 14.8 Å². The van der Waals surface area contributed by atoms with E-state index in [4.69, 9.17) is 10.00 Å². The summed E-state index contributed by atoms with van der Waals surface area (Å²) in [6.45, 7) is 3.22. The number of nitrogens with zero attached hydrogens (tertiary/aromatic N) is 2. The third-order valence-electron chi connectivity index (χ3n) is 2.83. The Morgan fingerprint density at radius 3 is 2.81 bits per heavy atom. The summed E-state index contributed by atoms with van der Waals surface area (Å²) < 4.78 is 30.2. The van der Waals surface area contributed by atoms with Crippen molar-refractivity contribution < 1.29 is 13.2 Å². The summed E-state index contributed by atoms with van der Waals surface area (Å²) in [7, 11) is -1.95. The smallest absolute Gasteiger partial charge is 0.229 e. The Balaban J connectivity index is 2.57. The van der Waals surface area contributed by atoms with Crippen LogP contribution >= 0.6 is 0 Å². The topological polar surface area (TPSA) is 70.4 Å². The number of sulfonamides is 1. The summed E-state index contributed by atoms with van der Waals surface area (Å²) in [5.41, 5.74) is 0. The lowest BCUT2D eigenvalue weighted by Crippen LogP contribution is -2.39. The molecule has 16 heavy (non-hydrogen) atoms. The summed E-state index contributed by atoms with van der Waals surface area (Å²) in [4.78, 5) is 0. The van der Waals surface area contributed by atoms with Gasteiger partial charge in [-0.05, 0) is 25.7 Å². The largest absolute Gasteiger partial charge is 0.381 e. The standard InChI is InChI=1S/C10H18N2O3S/c1-9(6-11)16(13,14)12(2)7-10-4-3-5-15-8-10/h9-10H,3-5,7-8H2,1-2H3. The zero-order chi connectivity index (χ0) is 12.2. The van der Waals surface area contributed by atoms with Gasteiger partial charge < -0.3 is 4.74 Å². The van der Waals surface area contributed by atoms with Crippen molar-refractivity contribution in [2.75, 3.05) is 26.8 Å². The van der Waals surface area contributed by atoms with E-state index in [1.54, 1.807) is 6.07 Å². The van der Waals surface area contributed by atoms with Crippen LogP contribution in [0.25, 0.3) is 0 Å². The van der Waals surface area contributed by atoms with Crippen molar-refractivity contribution in [1.29, 1.82) is 5.26 Å². The molecule has 1 saturated heterocycles. The molecule has 0 aromatic carbocycles. The highest BCUT2D eigenvalue weighted by Gasteiger charge is 2.28. The molecule has 1 rings (SSSR count). The van der Waals surface area contributed by atoms with Gasteiger partial charge in [0.05, 0.1) is 12.7 Å². The van der Waals surface area contributed by atoms with Gasteiger partial charge in [-0.2, -0.15) is 5.26 Å². The van der Waals surface area contributed by atoms with Gasteiger partial charge in [0.1, 0.15) is 0 Å². The molecule has 6 heteroatoms. The Kier molecular flexibility index (Phi) is 4.71. The van der Waals surface area contributed by atoms with Crippen LogP contribution in [0.15, 0.2) is 0 Å². The second-order valence-electron chi connectivity index (χ2n) is 4.18. The van der Waals surface area contributed by atoms with Crippen molar-refractivity contribution in [3.63, 3.8) is 0 Å². The van der Waals surface area contributed by atoms with E-state index in [0.29, 0.717) is 13.2 Å². The summed E-state index contributed by atoms with van der Waals surface area (Å²) in [5, 5.41) is 7.66. The monoisotopic (exact) mass is 246 g/mol. The molecule has 0 aromatic heterocycles. The number of ether oxygens (including phenoxy) is 1. The van der Waals surface area contributed by atoms with Gasteiger partial charge in [0.25, 0.3) is 0 Å². The first-order valence-electron chi connectivity index (χ1n) is 5.41. The van der Waals surface area contributed by atoms with Crippen LogP contribution in [0.1, 0.15) is 19.8 Å². The summed E-state index contributed by atoms with van der Waals surface area (Å²) >= 11 is 0. The first kappa shape index (κ1) is 13.4. The fourth-order valence-corrected chi connectivity index (χ4v) is 2.85. The number of nitriles is 1. The minimum atomic E-state index is -3.47. The minimum Gasteiger partial charge on any atom is -0.381 e. The maximum Gasteiger partial charge on any atom is 0.229 e. The summed E-state index contributed by atoms with van der Waals surface area (Å²) in [5.74, 6) is 0.249. The van der Waals surface area contributed by atoms with E-state index in [2.05, 4.69) is 0 Å². The second kappa shape index (κ2) is 5.62. The molecule has 0 aliphatic carbocycles. The summed E-state index contributed by atoms with van der Waals surface area (Å²) in [6, 6.07) is 1.76. The Morgan fingerprint density at radius 2 is 2.31 bits per heavy atom. The molecule has 1 heterocycles. The highest BCUT2D eigenvalue weighted by atomic mass is 32.2. The van der Waals surface area contributed by atoms with E-state index in [1.165, 1.54) is 18.3 Å². The average molecular weight is 246 g/mol. The first-order valence-corrected chi connectivity index (χ1v) is 6.91. The molecule has 1 aliphatic heterocycles. The molecule has 2 unspecified atom stereocenters. The van der Waals surface area contributed by atoms with E-state index in [1.807, 2.05) is 0 Å². The van der Waals surface area contributed by atoms with E-state index >= 15 is 0 Å². The average Bonchev–Trinajstić information content (AvgIpc) is 2.29. The first-order chi connectivity index (χ1) is 7.48. The van der Waals surface area contributed by atoms with Gasteiger partial charge in [-0.25, -0.2) is 12.7 Å². The van der Waals surface area contributed by atoms with Crippen LogP contribution < -0.4 is 0 Å². The Morgan fingerprint density at radius 1 is 1.62 bits per heavy atom. The van der Waals surface area contributed by atoms with E-state index < -0.39 is 15.3 Å². The van der Waals surface area contributed by atoms with Crippen LogP contribution in [0, 0.1) is 17.2 Å². The van der Waals surface area contributed by atoms with Crippen molar-refractivity contribution >= 4 is 10.0 Å². The molecule has 1 aliphatic rings. The van der Waals surface area contributed by atoms with Crippen molar-refractivity contribution in [1.82, 2.24) is 4.31 Å². The molecule has 92 valence electrons. The molecule has 1 fully saturated rings. The highest BCUT2D eigenvalue weighted by Crippen LogP contribution is 2.17. The molecule has 2 atom stereocenters. The maximum atomic E-state index is 11.8. The lowest BCUT2D eigenvalue weighted by molar-refractivity contribution is 0.0495. The molecule has 0 saturated carbocycles. The molecule has 0 aromatic rings. The number of rotatable bonds is 4. The normalized spacial score (nSPS) is 24.0. The zero-order valence-electron chi connectivity index (χ0n) is 9.72. The van der Waals surface area contributed by atoms with Crippen molar-refractivity contribution in [2.24, 2.45) is 5.92 Å². The Labute approximate surface area is 97.0 Å². The third kappa shape index (κ3) is 3.17. The Bertz CT molecular complexity index is 355. The number of hydrogen-bond donors (Lipinski definition) is 0. The summed E-state index contributed by atoms with van der Waals surface area (Å²) in [6.07, 6.45) is 1.97. The molecule has 0 radical (unpaired) electrons. The van der Waals surface area contributed by atoms with E-state index in [9.17, 15) is 8.42 Å². The van der Waals surface area contributed by atoms with E-state index in [-0.39, 0.29) is 5.92 Å². The lowest BCUT2D eigenvalue weighted by atomic mass is 10.0. The van der Waals surface area contributed by atoms with Gasteiger partial charge in [0, 0.05) is 20.2 Å². The predicted molar refractivity (Wildman–Crippen MR) is 60.2 cm³/mol. The van der Waals surface area contributed by atoms with Gasteiger partial charge in [-0.3, -0.25) is 0 Å². The van der Waals surface area contributed by atoms with Crippen LogP contribution in [0.3, 0.4) is 0 Å². The third-order valence-corrected chi connectivity index (χ3v) is 4.85. The van der Waals surface area contributed by atoms with Crippen LogP contribution in [-0.4, -0.2) is 44.8 Å².